The first-order valence-corrected chi connectivity index (χ1v) is 10.7. The zero-order chi connectivity index (χ0) is 19.6. The average Bonchev–Trinajstić information content (AvgIpc) is 3.35. The second-order valence-corrected chi connectivity index (χ2v) is 9.88. The van der Waals surface area contributed by atoms with Gasteiger partial charge in [-0.25, -0.2) is 4.98 Å². The summed E-state index contributed by atoms with van der Waals surface area (Å²) < 4.78 is 11.0. The van der Waals surface area contributed by atoms with Gasteiger partial charge in [0.2, 0.25) is 0 Å². The fourth-order valence-electron chi connectivity index (χ4n) is 5.70. The number of hydrogen-bond donors (Lipinski definition) is 1. The number of hydrogen-bond acceptors (Lipinski definition) is 6. The van der Waals surface area contributed by atoms with Crippen molar-refractivity contribution in [2.45, 2.75) is 52.1 Å². The van der Waals surface area contributed by atoms with Crippen molar-refractivity contribution >= 4 is 28.3 Å². The van der Waals surface area contributed by atoms with Gasteiger partial charge in [-0.1, -0.05) is 20.8 Å². The number of amides is 1. The van der Waals surface area contributed by atoms with Crippen LogP contribution in [0.4, 0.5) is 5.13 Å². The second kappa shape index (κ2) is 6.17. The van der Waals surface area contributed by atoms with E-state index in [1.54, 1.807) is 23.5 Å². The molecule has 148 valence electrons. The fourth-order valence-corrected chi connectivity index (χ4v) is 6.96. The number of rotatable bonds is 2. The van der Waals surface area contributed by atoms with E-state index in [9.17, 15) is 9.59 Å². The molecule has 7 heteroatoms. The molecule has 6 nitrogen and oxygen atoms in total. The minimum Gasteiger partial charge on any atom is -0.461 e. The Bertz CT molecular complexity index is 936. The van der Waals surface area contributed by atoms with E-state index >= 15 is 0 Å². The van der Waals surface area contributed by atoms with Gasteiger partial charge in [0.25, 0.3) is 5.91 Å². The van der Waals surface area contributed by atoms with Gasteiger partial charge >= 0.3 is 5.97 Å². The van der Waals surface area contributed by atoms with Gasteiger partial charge in [0.15, 0.2) is 10.9 Å². The second-order valence-electron chi connectivity index (χ2n) is 8.80. The number of furan rings is 1. The van der Waals surface area contributed by atoms with E-state index in [2.05, 4.69) is 19.2 Å². The Hall–Kier alpha value is -2.15. The Labute approximate surface area is 167 Å². The predicted molar refractivity (Wildman–Crippen MR) is 104 cm³/mol. The minimum atomic E-state index is -0.286. The molecule has 2 aromatic heterocycles. The summed E-state index contributed by atoms with van der Waals surface area (Å²) in [4.78, 5) is 30.5. The van der Waals surface area contributed by atoms with E-state index in [-0.39, 0.29) is 46.9 Å². The molecular weight excluding hydrogens is 376 g/mol. The number of ether oxygens (including phenoxy) is 1. The Balaban J connectivity index is 1.45. The highest BCUT2D eigenvalue weighted by molar-refractivity contribution is 7.15. The number of nitrogens with zero attached hydrogens (tertiary/aromatic N) is 1. The summed E-state index contributed by atoms with van der Waals surface area (Å²) in [5.74, 6) is 0.686. The molecule has 0 bridgehead atoms. The van der Waals surface area contributed by atoms with Gasteiger partial charge in [-0.15, -0.1) is 11.3 Å². The zero-order valence-electron chi connectivity index (χ0n) is 16.2. The molecule has 6 atom stereocenters. The molecule has 5 rings (SSSR count). The molecule has 0 aromatic carbocycles. The molecule has 2 fully saturated rings. The molecule has 2 aromatic rings. The summed E-state index contributed by atoms with van der Waals surface area (Å²) in [6.07, 6.45) is 4.51. The van der Waals surface area contributed by atoms with Crippen molar-refractivity contribution in [2.24, 2.45) is 23.2 Å². The van der Waals surface area contributed by atoms with Gasteiger partial charge < -0.3 is 9.15 Å². The van der Waals surface area contributed by atoms with Crippen LogP contribution in [0.15, 0.2) is 22.8 Å². The molecule has 0 unspecified atom stereocenters. The van der Waals surface area contributed by atoms with Crippen LogP contribution in [0.1, 0.15) is 60.7 Å². The van der Waals surface area contributed by atoms with Crippen LogP contribution in [-0.4, -0.2) is 23.0 Å². The number of fused-ring (bicyclic) bond motifs is 4. The zero-order valence-corrected chi connectivity index (χ0v) is 17.0. The highest BCUT2D eigenvalue weighted by Gasteiger charge is 2.58. The maximum atomic E-state index is 12.3. The maximum Gasteiger partial charge on any atom is 0.309 e. The third-order valence-corrected chi connectivity index (χ3v) is 8.11. The summed E-state index contributed by atoms with van der Waals surface area (Å²) >= 11 is 1.55. The van der Waals surface area contributed by atoms with E-state index in [1.165, 1.54) is 11.1 Å². The minimum absolute atomic E-state index is 0.0123. The van der Waals surface area contributed by atoms with Gasteiger partial charge in [-0.05, 0) is 36.8 Å². The summed E-state index contributed by atoms with van der Waals surface area (Å²) in [5.41, 5.74) is 1.13. The number of carbonyl (C=O) groups is 2. The van der Waals surface area contributed by atoms with Crippen LogP contribution in [0.5, 0.6) is 0 Å². The SMILES string of the molecule is C[C@@H]1C(=O)O[C@H]2[C@H]1CC[C@]1(C)Cc3sc(NC(=O)c4ccco4)nc3[C@@H](C)[C@H]21. The summed E-state index contributed by atoms with van der Waals surface area (Å²) in [5, 5.41) is 3.47. The van der Waals surface area contributed by atoms with Crippen molar-refractivity contribution in [1.29, 1.82) is 0 Å². The summed E-state index contributed by atoms with van der Waals surface area (Å²) in [7, 11) is 0. The summed E-state index contributed by atoms with van der Waals surface area (Å²) in [6, 6.07) is 3.33. The number of nitrogens with one attached hydrogen (secondary N) is 1. The van der Waals surface area contributed by atoms with Gasteiger partial charge in [-0.2, -0.15) is 0 Å². The number of esters is 1. The van der Waals surface area contributed by atoms with Crippen LogP contribution in [0.2, 0.25) is 0 Å². The third kappa shape index (κ3) is 2.55. The molecule has 1 saturated heterocycles. The van der Waals surface area contributed by atoms with Crippen molar-refractivity contribution in [1.82, 2.24) is 4.98 Å². The van der Waals surface area contributed by atoms with Crippen LogP contribution in [0.25, 0.3) is 0 Å². The smallest absolute Gasteiger partial charge is 0.309 e. The van der Waals surface area contributed by atoms with Gasteiger partial charge in [0.1, 0.15) is 6.10 Å². The lowest BCUT2D eigenvalue weighted by atomic mass is 9.54. The van der Waals surface area contributed by atoms with Crippen molar-refractivity contribution in [3.05, 3.63) is 34.7 Å². The van der Waals surface area contributed by atoms with E-state index < -0.39 is 0 Å². The Morgan fingerprint density at radius 2 is 2.18 bits per heavy atom. The van der Waals surface area contributed by atoms with Crippen LogP contribution in [-0.2, 0) is 16.0 Å². The average molecular weight is 401 g/mol. The third-order valence-electron chi connectivity index (χ3n) is 7.12. The van der Waals surface area contributed by atoms with Crippen molar-refractivity contribution in [3.8, 4) is 0 Å². The molecule has 0 spiro atoms. The lowest BCUT2D eigenvalue weighted by molar-refractivity contribution is -0.149. The molecular formula is C21H24N2O4S. The molecule has 3 aliphatic rings. The Kier molecular flexibility index (Phi) is 3.95. The van der Waals surface area contributed by atoms with E-state index in [0.29, 0.717) is 11.0 Å². The van der Waals surface area contributed by atoms with Crippen molar-refractivity contribution < 1.29 is 18.7 Å². The molecule has 1 aliphatic heterocycles. The normalized spacial score (nSPS) is 36.2. The molecule has 1 amide bonds. The first-order chi connectivity index (χ1) is 13.4. The first-order valence-electron chi connectivity index (χ1n) is 9.92. The molecule has 3 heterocycles. The van der Waals surface area contributed by atoms with Crippen molar-refractivity contribution in [3.63, 3.8) is 0 Å². The van der Waals surface area contributed by atoms with Gasteiger partial charge in [0, 0.05) is 22.6 Å². The van der Waals surface area contributed by atoms with Crippen LogP contribution < -0.4 is 5.32 Å². The first kappa shape index (κ1) is 17.9. The molecule has 1 saturated carbocycles. The van der Waals surface area contributed by atoms with E-state index in [0.717, 1.165) is 25.0 Å². The van der Waals surface area contributed by atoms with Crippen LogP contribution in [0, 0.1) is 23.2 Å². The van der Waals surface area contributed by atoms with E-state index in [1.807, 2.05) is 6.92 Å². The van der Waals surface area contributed by atoms with Crippen LogP contribution in [0.3, 0.4) is 0 Å². The molecule has 0 radical (unpaired) electrons. The number of aromatic nitrogens is 1. The largest absolute Gasteiger partial charge is 0.461 e. The summed E-state index contributed by atoms with van der Waals surface area (Å²) in [6.45, 7) is 6.52. The highest BCUT2D eigenvalue weighted by atomic mass is 32.1. The van der Waals surface area contributed by atoms with Gasteiger partial charge in [-0.3, -0.25) is 14.9 Å². The highest BCUT2D eigenvalue weighted by Crippen LogP contribution is 2.59. The number of anilines is 1. The fraction of sp³-hybridized carbons (Fsp3) is 0.571. The standard InChI is InChI=1S/C21H24N2O4S/c1-10-12-6-7-21(3)9-14-16(11(2)15(21)17(12)27-19(10)25)22-20(28-14)23-18(24)13-5-4-8-26-13/h4-5,8,10-12,15,17H,6-7,9H2,1-3H3,(H,22,23,24)/t10-,11-,12-,15+,17-,21+/m0/s1. The topological polar surface area (TPSA) is 81.4 Å². The lowest BCUT2D eigenvalue weighted by Gasteiger charge is -2.51. The molecule has 28 heavy (non-hydrogen) atoms. The Morgan fingerprint density at radius 1 is 1.36 bits per heavy atom. The van der Waals surface area contributed by atoms with Crippen molar-refractivity contribution in [2.75, 3.05) is 5.32 Å². The lowest BCUT2D eigenvalue weighted by Crippen LogP contribution is -2.50. The monoisotopic (exact) mass is 400 g/mol. The number of carbonyl (C=O) groups excluding carboxylic acids is 2. The predicted octanol–water partition coefficient (Wildman–Crippen LogP) is 4.24. The maximum absolute atomic E-state index is 12.3. The number of thiazole rings is 1. The molecule has 2 aliphatic carbocycles. The van der Waals surface area contributed by atoms with E-state index in [4.69, 9.17) is 14.1 Å². The Morgan fingerprint density at radius 3 is 2.93 bits per heavy atom. The van der Waals surface area contributed by atoms with Gasteiger partial charge in [0.05, 0.1) is 17.9 Å². The quantitative estimate of drug-likeness (QED) is 0.763. The molecule has 1 N–H and O–H groups in total. The van der Waals surface area contributed by atoms with Crippen LogP contribution >= 0.6 is 11.3 Å².